The highest BCUT2D eigenvalue weighted by Gasteiger charge is 2.57. The fourth-order valence-corrected chi connectivity index (χ4v) is 7.58. The number of hydrogen-bond donors (Lipinski definition) is 0. The molecule has 4 aliphatic rings. The SMILES string of the molecule is [B]c1cncc(C2=CCC3C4CC=C5C[C@@H](OC(C)=O)CC[C@]5(C)C4CC[C@]23C)c1. The van der Waals surface area contributed by atoms with Gasteiger partial charge in [-0.2, -0.15) is 0 Å². The number of carbonyl (C=O) groups is 1. The number of esters is 1. The first-order chi connectivity index (χ1) is 14.3. The van der Waals surface area contributed by atoms with Crippen molar-refractivity contribution in [2.45, 2.75) is 71.8 Å². The van der Waals surface area contributed by atoms with Gasteiger partial charge in [0.05, 0.1) is 0 Å². The van der Waals surface area contributed by atoms with Crippen molar-refractivity contribution in [3.8, 4) is 0 Å². The van der Waals surface area contributed by atoms with Gasteiger partial charge in [-0.3, -0.25) is 9.78 Å². The van der Waals surface area contributed by atoms with Crippen LogP contribution in [0, 0.1) is 28.6 Å². The predicted molar refractivity (Wildman–Crippen MR) is 120 cm³/mol. The van der Waals surface area contributed by atoms with Gasteiger partial charge in [0.2, 0.25) is 0 Å². The minimum Gasteiger partial charge on any atom is -0.462 e. The van der Waals surface area contributed by atoms with E-state index < -0.39 is 0 Å². The maximum atomic E-state index is 11.4. The molecule has 2 saturated carbocycles. The molecule has 3 nitrogen and oxygen atoms in total. The summed E-state index contributed by atoms with van der Waals surface area (Å²) in [6, 6.07) is 2.09. The van der Waals surface area contributed by atoms with Crippen LogP contribution in [0.25, 0.3) is 5.57 Å². The van der Waals surface area contributed by atoms with E-state index in [9.17, 15) is 4.79 Å². The van der Waals surface area contributed by atoms with Crippen molar-refractivity contribution in [3.05, 3.63) is 41.7 Å². The number of fused-ring (bicyclic) bond motifs is 5. The highest BCUT2D eigenvalue weighted by Crippen LogP contribution is 2.66. The monoisotopic (exact) mass is 401 g/mol. The molecule has 30 heavy (non-hydrogen) atoms. The second-order valence-corrected chi connectivity index (χ2v) is 10.6. The van der Waals surface area contributed by atoms with E-state index in [0.29, 0.717) is 5.92 Å². The summed E-state index contributed by atoms with van der Waals surface area (Å²) in [5, 5.41) is 0. The molecule has 5 rings (SSSR count). The van der Waals surface area contributed by atoms with E-state index >= 15 is 0 Å². The molecule has 0 spiro atoms. The zero-order chi connectivity index (χ0) is 21.1. The van der Waals surface area contributed by atoms with Gasteiger partial charge in [-0.1, -0.05) is 43.1 Å². The Morgan fingerprint density at radius 1 is 1.10 bits per heavy atom. The lowest BCUT2D eigenvalue weighted by atomic mass is 9.47. The number of carbonyl (C=O) groups excluding carboxylic acids is 1. The predicted octanol–water partition coefficient (Wildman–Crippen LogP) is 4.76. The van der Waals surface area contributed by atoms with Crippen molar-refractivity contribution in [3.63, 3.8) is 0 Å². The zero-order valence-electron chi connectivity index (χ0n) is 18.5. The molecular weight excluding hydrogens is 369 g/mol. The molecule has 0 saturated heterocycles. The average Bonchev–Trinajstić information content (AvgIpc) is 3.05. The minimum atomic E-state index is -0.146. The van der Waals surface area contributed by atoms with Gasteiger partial charge in [0.15, 0.2) is 0 Å². The highest BCUT2D eigenvalue weighted by atomic mass is 16.5. The normalized spacial score (nSPS) is 39.8. The number of pyridine rings is 1. The van der Waals surface area contributed by atoms with E-state index in [1.165, 1.54) is 37.3 Å². The third kappa shape index (κ3) is 3.01. The summed E-state index contributed by atoms with van der Waals surface area (Å²) in [5.41, 5.74) is 5.45. The number of rotatable bonds is 2. The summed E-state index contributed by atoms with van der Waals surface area (Å²) in [7, 11) is 6.05. The number of allylic oxidation sites excluding steroid dienone is 3. The Balaban J connectivity index is 1.41. The van der Waals surface area contributed by atoms with E-state index in [0.717, 1.165) is 43.0 Å². The first-order valence-electron chi connectivity index (χ1n) is 11.6. The van der Waals surface area contributed by atoms with Crippen molar-refractivity contribution < 1.29 is 9.53 Å². The molecule has 3 unspecified atom stereocenters. The van der Waals surface area contributed by atoms with Gasteiger partial charge >= 0.3 is 5.97 Å². The summed E-state index contributed by atoms with van der Waals surface area (Å²) in [6.07, 6.45) is 16.7. The molecule has 2 fully saturated rings. The standard InChI is InChI=1S/C26H32BNO2/c1-16(29)30-20-8-10-25(2)18(13-20)4-5-21-23-7-6-22(17-12-19(27)15-28-14-17)26(23,3)11-9-24(21)25/h4,6,12,14-15,20-21,23-24H,5,7-11,13H2,1-3H3/t20-,21?,23?,24?,25-,26+/m0/s1. The molecule has 0 N–H and O–H groups in total. The number of ether oxygens (including phenoxy) is 1. The second-order valence-electron chi connectivity index (χ2n) is 10.6. The summed E-state index contributed by atoms with van der Waals surface area (Å²) < 4.78 is 5.58. The summed E-state index contributed by atoms with van der Waals surface area (Å²) in [5.74, 6) is 2.01. The molecule has 2 radical (unpaired) electrons. The third-order valence-corrected chi connectivity index (χ3v) is 9.04. The smallest absolute Gasteiger partial charge is 0.302 e. The summed E-state index contributed by atoms with van der Waals surface area (Å²) in [6.45, 7) is 6.50. The van der Waals surface area contributed by atoms with Crippen LogP contribution in [0.4, 0.5) is 0 Å². The molecule has 6 atom stereocenters. The molecule has 0 aromatic carbocycles. The van der Waals surface area contributed by atoms with Crippen LogP contribution >= 0.6 is 0 Å². The third-order valence-electron chi connectivity index (χ3n) is 9.04. The van der Waals surface area contributed by atoms with Gasteiger partial charge in [-0.05, 0) is 78.2 Å². The largest absolute Gasteiger partial charge is 0.462 e. The maximum absolute atomic E-state index is 11.4. The molecular formula is C26H32BNO2. The Hall–Kier alpha value is -1.84. The average molecular weight is 401 g/mol. The van der Waals surface area contributed by atoms with E-state index in [1.54, 1.807) is 11.8 Å². The highest BCUT2D eigenvalue weighted by molar-refractivity contribution is 6.32. The van der Waals surface area contributed by atoms with E-state index in [1.807, 2.05) is 6.20 Å². The van der Waals surface area contributed by atoms with Gasteiger partial charge in [0.25, 0.3) is 0 Å². The quantitative estimate of drug-likeness (QED) is 0.407. The lowest BCUT2D eigenvalue weighted by molar-refractivity contribution is -0.148. The van der Waals surface area contributed by atoms with E-state index in [2.05, 4.69) is 37.0 Å². The summed E-state index contributed by atoms with van der Waals surface area (Å²) >= 11 is 0. The van der Waals surface area contributed by atoms with Crippen molar-refractivity contribution >= 4 is 24.9 Å². The zero-order valence-corrected chi connectivity index (χ0v) is 18.5. The van der Waals surface area contributed by atoms with Crippen LogP contribution < -0.4 is 5.46 Å². The van der Waals surface area contributed by atoms with Crippen molar-refractivity contribution in [1.29, 1.82) is 0 Å². The number of aromatic nitrogens is 1. The van der Waals surface area contributed by atoms with Gasteiger partial charge in [0, 0.05) is 25.7 Å². The fourth-order valence-electron chi connectivity index (χ4n) is 7.58. The first-order valence-corrected chi connectivity index (χ1v) is 11.6. The van der Waals surface area contributed by atoms with Crippen molar-refractivity contribution in [1.82, 2.24) is 4.98 Å². The van der Waals surface area contributed by atoms with Crippen molar-refractivity contribution in [2.24, 2.45) is 28.6 Å². The Bertz CT molecular complexity index is 937. The lowest BCUT2D eigenvalue weighted by Crippen LogP contribution is -2.50. The molecule has 0 aliphatic heterocycles. The van der Waals surface area contributed by atoms with Crippen LogP contribution in [0.2, 0.25) is 0 Å². The second kappa shape index (κ2) is 7.10. The van der Waals surface area contributed by atoms with Gasteiger partial charge < -0.3 is 4.74 Å². The molecule has 4 heteroatoms. The summed E-state index contributed by atoms with van der Waals surface area (Å²) in [4.78, 5) is 15.8. The van der Waals surface area contributed by atoms with E-state index in [-0.39, 0.29) is 22.9 Å². The lowest BCUT2D eigenvalue weighted by Gasteiger charge is -2.57. The molecule has 156 valence electrons. The van der Waals surface area contributed by atoms with Crippen LogP contribution in [0.15, 0.2) is 36.2 Å². The Kier molecular flexibility index (Phi) is 4.76. The molecule has 0 bridgehead atoms. The molecule has 4 aliphatic carbocycles. The molecule has 1 aromatic heterocycles. The Morgan fingerprint density at radius 2 is 1.90 bits per heavy atom. The van der Waals surface area contributed by atoms with Crippen LogP contribution in [-0.4, -0.2) is 24.9 Å². The maximum Gasteiger partial charge on any atom is 0.302 e. The van der Waals surface area contributed by atoms with Crippen LogP contribution in [0.3, 0.4) is 0 Å². The number of nitrogens with zero attached hydrogens (tertiary/aromatic N) is 1. The molecule has 1 aromatic rings. The van der Waals surface area contributed by atoms with Crippen LogP contribution in [-0.2, 0) is 9.53 Å². The van der Waals surface area contributed by atoms with Gasteiger partial charge in [-0.25, -0.2) is 0 Å². The Labute approximate surface area is 181 Å². The van der Waals surface area contributed by atoms with E-state index in [4.69, 9.17) is 12.6 Å². The van der Waals surface area contributed by atoms with Crippen molar-refractivity contribution in [2.75, 3.05) is 0 Å². The topological polar surface area (TPSA) is 39.2 Å². The van der Waals surface area contributed by atoms with Gasteiger partial charge in [-0.15, -0.1) is 0 Å². The fraction of sp³-hybridized carbons (Fsp3) is 0.615. The van der Waals surface area contributed by atoms with Crippen LogP contribution in [0.5, 0.6) is 0 Å². The number of hydrogen-bond acceptors (Lipinski definition) is 3. The Morgan fingerprint density at radius 3 is 2.67 bits per heavy atom. The van der Waals surface area contributed by atoms with Gasteiger partial charge in [0.1, 0.15) is 14.0 Å². The first kappa shape index (κ1) is 20.1. The molecule has 1 heterocycles. The molecule has 0 amide bonds. The minimum absolute atomic E-state index is 0.0722. The van der Waals surface area contributed by atoms with Crippen LogP contribution in [0.1, 0.15) is 71.3 Å².